The van der Waals surface area contributed by atoms with Gasteiger partial charge in [-0.25, -0.2) is 0 Å². The van der Waals surface area contributed by atoms with Gasteiger partial charge in [0, 0.05) is 18.6 Å². The molecule has 0 unspecified atom stereocenters. The first kappa shape index (κ1) is 23.4. The van der Waals surface area contributed by atoms with Gasteiger partial charge in [-0.3, -0.25) is 4.79 Å². The Morgan fingerprint density at radius 3 is 2.41 bits per heavy atom. The van der Waals surface area contributed by atoms with Crippen LogP contribution in [0.2, 0.25) is 0 Å². The Balaban J connectivity index is 2.75. The van der Waals surface area contributed by atoms with Gasteiger partial charge in [-0.05, 0) is 49.3 Å². The molecule has 1 aromatic carbocycles. The van der Waals surface area contributed by atoms with E-state index < -0.39 is 0 Å². The molecule has 0 bridgehead atoms. The van der Waals surface area contributed by atoms with Crippen LogP contribution in [0.1, 0.15) is 65.4 Å². The summed E-state index contributed by atoms with van der Waals surface area (Å²) in [4.78, 5) is 12.9. The predicted molar refractivity (Wildman–Crippen MR) is 113 cm³/mol. The molecule has 27 heavy (non-hydrogen) atoms. The highest BCUT2D eigenvalue weighted by molar-refractivity contribution is 5.82. The first-order valence-corrected chi connectivity index (χ1v) is 10.4. The van der Waals surface area contributed by atoms with Gasteiger partial charge in [0.1, 0.15) is 5.75 Å². The molecule has 1 amide bonds. The van der Waals surface area contributed by atoms with Crippen molar-refractivity contribution in [1.82, 2.24) is 10.6 Å². The molecule has 0 heterocycles. The number of amides is 1. The van der Waals surface area contributed by atoms with E-state index in [0.29, 0.717) is 24.9 Å². The number of phenolic OH excluding ortho intramolecular Hbond substituents is 1. The third-order valence-electron chi connectivity index (χ3n) is 4.85. The lowest BCUT2D eigenvalue weighted by Gasteiger charge is -2.26. The van der Waals surface area contributed by atoms with Gasteiger partial charge >= 0.3 is 0 Å². The molecule has 0 aromatic heterocycles. The van der Waals surface area contributed by atoms with Crippen LogP contribution in [0.4, 0.5) is 0 Å². The summed E-state index contributed by atoms with van der Waals surface area (Å²) < 4.78 is 0. The van der Waals surface area contributed by atoms with Crippen LogP contribution >= 0.6 is 0 Å². The summed E-state index contributed by atoms with van der Waals surface area (Å²) in [6.07, 6.45) is 5.72. The van der Waals surface area contributed by atoms with E-state index in [0.717, 1.165) is 37.7 Å². The van der Waals surface area contributed by atoms with Crippen molar-refractivity contribution in [2.24, 2.45) is 11.7 Å². The van der Waals surface area contributed by atoms with E-state index in [1.807, 2.05) is 12.1 Å². The maximum Gasteiger partial charge on any atom is 0.237 e. The third-order valence-corrected chi connectivity index (χ3v) is 4.85. The molecule has 0 aliphatic heterocycles. The van der Waals surface area contributed by atoms with Gasteiger partial charge in [0.15, 0.2) is 0 Å². The van der Waals surface area contributed by atoms with Gasteiger partial charge in [0.25, 0.3) is 0 Å². The number of rotatable bonds is 13. The second-order valence-electron chi connectivity index (χ2n) is 7.97. The van der Waals surface area contributed by atoms with Crippen molar-refractivity contribution in [1.29, 1.82) is 0 Å². The molecular formula is C22H39N3O2. The molecule has 0 saturated heterocycles. The lowest BCUT2D eigenvalue weighted by molar-refractivity contribution is -0.123. The molecule has 0 fully saturated rings. The van der Waals surface area contributed by atoms with Gasteiger partial charge in [0.05, 0.1) is 6.04 Å². The fourth-order valence-corrected chi connectivity index (χ4v) is 3.22. The van der Waals surface area contributed by atoms with Crippen LogP contribution in [0.3, 0.4) is 0 Å². The summed E-state index contributed by atoms with van der Waals surface area (Å²) in [6, 6.07) is 7.05. The number of aromatic hydroxyl groups is 1. The van der Waals surface area contributed by atoms with Gasteiger partial charge in [0.2, 0.25) is 5.91 Å². The minimum atomic E-state index is -0.309. The lowest BCUT2D eigenvalue weighted by Crippen LogP contribution is -2.51. The molecule has 5 heteroatoms. The standard InChI is InChI=1S/C22H39N3O2/c1-5-7-8-18(23)15-24-22(27)21(25-19(6-2)13-16(3)4)14-17-9-11-20(26)12-10-17/h9-12,16,18-19,21,25-26H,5-8,13-15,23H2,1-4H3,(H,24,27)/t18-,19+,21-/m0/s1. The van der Waals surface area contributed by atoms with Crippen molar-refractivity contribution in [2.75, 3.05) is 6.54 Å². The van der Waals surface area contributed by atoms with Crippen LogP contribution in [0.5, 0.6) is 5.75 Å². The van der Waals surface area contributed by atoms with Crippen LogP contribution in [-0.4, -0.2) is 35.7 Å². The first-order chi connectivity index (χ1) is 12.8. The number of nitrogens with one attached hydrogen (secondary N) is 2. The van der Waals surface area contributed by atoms with Gasteiger partial charge in [-0.15, -0.1) is 0 Å². The van der Waals surface area contributed by atoms with Crippen molar-refractivity contribution in [3.05, 3.63) is 29.8 Å². The fourth-order valence-electron chi connectivity index (χ4n) is 3.22. The summed E-state index contributed by atoms with van der Waals surface area (Å²) in [5.41, 5.74) is 7.13. The lowest BCUT2D eigenvalue weighted by atomic mass is 9.98. The largest absolute Gasteiger partial charge is 0.508 e. The zero-order chi connectivity index (χ0) is 20.2. The molecule has 0 aliphatic carbocycles. The van der Waals surface area contributed by atoms with Crippen molar-refractivity contribution in [3.63, 3.8) is 0 Å². The zero-order valence-corrected chi connectivity index (χ0v) is 17.5. The number of hydrogen-bond donors (Lipinski definition) is 4. The quantitative estimate of drug-likeness (QED) is 0.424. The number of unbranched alkanes of at least 4 members (excludes halogenated alkanes) is 1. The summed E-state index contributed by atoms with van der Waals surface area (Å²) in [5, 5.41) is 16.1. The van der Waals surface area contributed by atoms with Crippen LogP contribution < -0.4 is 16.4 Å². The molecule has 0 radical (unpaired) electrons. The number of hydrogen-bond acceptors (Lipinski definition) is 4. The van der Waals surface area contributed by atoms with E-state index in [2.05, 4.69) is 38.3 Å². The molecular weight excluding hydrogens is 338 g/mol. The minimum Gasteiger partial charge on any atom is -0.508 e. The second kappa shape index (κ2) is 12.7. The molecule has 5 nitrogen and oxygen atoms in total. The monoisotopic (exact) mass is 377 g/mol. The van der Waals surface area contributed by atoms with Crippen LogP contribution in [0.25, 0.3) is 0 Å². The van der Waals surface area contributed by atoms with E-state index in [1.54, 1.807) is 12.1 Å². The van der Waals surface area contributed by atoms with Gasteiger partial charge in [-0.1, -0.05) is 52.7 Å². The molecule has 154 valence electrons. The van der Waals surface area contributed by atoms with Gasteiger partial charge < -0.3 is 21.5 Å². The Bertz CT molecular complexity index is 531. The zero-order valence-electron chi connectivity index (χ0n) is 17.5. The van der Waals surface area contributed by atoms with E-state index in [9.17, 15) is 9.90 Å². The number of carbonyl (C=O) groups excluding carboxylic acids is 1. The van der Waals surface area contributed by atoms with Crippen molar-refractivity contribution in [3.8, 4) is 5.75 Å². The molecule has 0 aliphatic rings. The smallest absolute Gasteiger partial charge is 0.237 e. The summed E-state index contributed by atoms with van der Waals surface area (Å²) in [7, 11) is 0. The van der Waals surface area contributed by atoms with Crippen molar-refractivity contribution < 1.29 is 9.90 Å². The Morgan fingerprint density at radius 1 is 1.19 bits per heavy atom. The number of phenols is 1. The van der Waals surface area contributed by atoms with Crippen molar-refractivity contribution >= 4 is 5.91 Å². The molecule has 3 atom stereocenters. The Labute approximate surface area is 165 Å². The summed E-state index contributed by atoms with van der Waals surface area (Å²) in [6.45, 7) is 9.20. The number of benzene rings is 1. The maximum atomic E-state index is 12.9. The minimum absolute atomic E-state index is 0.000795. The summed E-state index contributed by atoms with van der Waals surface area (Å²) in [5.74, 6) is 0.806. The van der Waals surface area contributed by atoms with Crippen molar-refractivity contribution in [2.45, 2.75) is 84.3 Å². The van der Waals surface area contributed by atoms with Crippen LogP contribution in [-0.2, 0) is 11.2 Å². The van der Waals surface area contributed by atoms with E-state index in [-0.39, 0.29) is 23.7 Å². The molecule has 0 spiro atoms. The highest BCUT2D eigenvalue weighted by Crippen LogP contribution is 2.14. The topological polar surface area (TPSA) is 87.4 Å². The van der Waals surface area contributed by atoms with E-state index in [1.165, 1.54) is 0 Å². The number of nitrogens with two attached hydrogens (primary N) is 1. The second-order valence-corrected chi connectivity index (χ2v) is 7.97. The molecule has 0 saturated carbocycles. The SMILES string of the molecule is CCCC[C@H](N)CNC(=O)[C@H](Cc1ccc(O)cc1)N[C@H](CC)CC(C)C. The first-order valence-electron chi connectivity index (χ1n) is 10.4. The van der Waals surface area contributed by atoms with E-state index in [4.69, 9.17) is 5.73 Å². The van der Waals surface area contributed by atoms with Gasteiger partial charge in [-0.2, -0.15) is 0 Å². The summed E-state index contributed by atoms with van der Waals surface area (Å²) >= 11 is 0. The highest BCUT2D eigenvalue weighted by atomic mass is 16.3. The molecule has 1 aromatic rings. The average Bonchev–Trinajstić information content (AvgIpc) is 2.64. The normalized spacial score (nSPS) is 14.7. The Kier molecular flexibility index (Phi) is 11.1. The Morgan fingerprint density at radius 2 is 1.85 bits per heavy atom. The van der Waals surface area contributed by atoms with Crippen LogP contribution in [0, 0.1) is 5.92 Å². The fraction of sp³-hybridized carbons (Fsp3) is 0.682. The maximum absolute atomic E-state index is 12.9. The molecule has 5 N–H and O–H groups in total. The predicted octanol–water partition coefficient (Wildman–Crippen LogP) is 3.35. The molecule has 1 rings (SSSR count). The van der Waals surface area contributed by atoms with Crippen LogP contribution in [0.15, 0.2) is 24.3 Å². The Hall–Kier alpha value is -1.59. The average molecular weight is 378 g/mol. The highest BCUT2D eigenvalue weighted by Gasteiger charge is 2.22. The van der Waals surface area contributed by atoms with E-state index >= 15 is 0 Å². The number of carbonyl (C=O) groups is 1. The third kappa shape index (κ3) is 9.78.